The van der Waals surface area contributed by atoms with Crippen LogP contribution in [0.2, 0.25) is 5.15 Å². The van der Waals surface area contributed by atoms with Crippen LogP contribution in [0.25, 0.3) is 0 Å². The molecule has 1 amide bonds. The molecule has 0 fully saturated rings. The summed E-state index contributed by atoms with van der Waals surface area (Å²) >= 11 is 11.6. The van der Waals surface area contributed by atoms with Crippen LogP contribution in [0, 0.1) is 30.6 Å². The van der Waals surface area contributed by atoms with Crippen molar-refractivity contribution in [1.82, 2.24) is 4.98 Å². The van der Waals surface area contributed by atoms with Gasteiger partial charge in [-0.15, -0.1) is 0 Å². The molecule has 0 spiro atoms. The van der Waals surface area contributed by atoms with E-state index in [1.165, 1.54) is 6.07 Å². The first-order chi connectivity index (χ1) is 11.3. The van der Waals surface area contributed by atoms with Crippen molar-refractivity contribution in [1.29, 1.82) is 10.7 Å². The fourth-order valence-corrected chi connectivity index (χ4v) is 2.56. The lowest BCUT2D eigenvalue weighted by Gasteiger charge is -2.12. The minimum atomic E-state index is -0.487. The van der Waals surface area contributed by atoms with E-state index in [9.17, 15) is 4.79 Å². The molecule has 1 heterocycles. The highest BCUT2D eigenvalue weighted by Crippen LogP contribution is 2.24. The number of aromatic nitrogens is 1. The first-order valence-corrected chi connectivity index (χ1v) is 7.54. The number of nitrogens with one attached hydrogen (secondary N) is 2. The summed E-state index contributed by atoms with van der Waals surface area (Å²) in [5.41, 5.74) is 8.32. The monoisotopic (exact) mass is 361 g/mol. The second kappa shape index (κ2) is 6.87. The Morgan fingerprint density at radius 3 is 2.62 bits per heavy atom. The first kappa shape index (κ1) is 17.7. The molecule has 122 valence electrons. The second-order valence-corrected chi connectivity index (χ2v) is 5.79. The Balaban J connectivity index is 2.40. The number of hydrogen-bond acceptors (Lipinski definition) is 5. The molecule has 0 saturated carbocycles. The lowest BCUT2D eigenvalue weighted by molar-refractivity contribution is 0.102. The Kier molecular flexibility index (Phi) is 5.07. The Bertz CT molecular complexity index is 902. The maximum Gasteiger partial charge on any atom is 0.274 e. The van der Waals surface area contributed by atoms with Crippen molar-refractivity contribution in [2.45, 2.75) is 13.8 Å². The Labute approximate surface area is 148 Å². The third kappa shape index (κ3) is 3.32. The lowest BCUT2D eigenvalue weighted by atomic mass is 10.0. The van der Waals surface area contributed by atoms with Gasteiger partial charge in [0.25, 0.3) is 5.91 Å². The van der Waals surface area contributed by atoms with E-state index in [0.717, 1.165) is 0 Å². The van der Waals surface area contributed by atoms with Crippen LogP contribution in [-0.4, -0.2) is 16.1 Å². The third-order valence-corrected chi connectivity index (χ3v) is 4.06. The van der Waals surface area contributed by atoms with Crippen molar-refractivity contribution in [3.63, 3.8) is 0 Å². The van der Waals surface area contributed by atoms with E-state index < -0.39 is 5.91 Å². The molecule has 0 bridgehead atoms. The SMILES string of the molecule is Cc1c(C(=O)Nc2ccc(N)c(C(=N)Cl)c2)nc(Cl)c(C#N)c1C. The molecule has 0 saturated heterocycles. The van der Waals surface area contributed by atoms with Crippen LogP contribution in [0.15, 0.2) is 18.2 Å². The van der Waals surface area contributed by atoms with Crippen molar-refractivity contribution in [3.05, 3.63) is 51.3 Å². The van der Waals surface area contributed by atoms with Gasteiger partial charge in [0.1, 0.15) is 22.1 Å². The minimum absolute atomic E-state index is 0.0220. The number of nitrogen functional groups attached to an aromatic ring is 1. The fraction of sp³-hybridized carbons (Fsp3) is 0.125. The van der Waals surface area contributed by atoms with Gasteiger partial charge in [0.05, 0.1) is 5.56 Å². The number of nitriles is 1. The van der Waals surface area contributed by atoms with Crippen molar-refractivity contribution < 1.29 is 4.79 Å². The number of halogens is 2. The minimum Gasteiger partial charge on any atom is -0.398 e. The number of benzene rings is 1. The zero-order chi connectivity index (χ0) is 18.0. The highest BCUT2D eigenvalue weighted by Gasteiger charge is 2.18. The summed E-state index contributed by atoms with van der Waals surface area (Å²) in [7, 11) is 0. The molecule has 2 rings (SSSR count). The summed E-state index contributed by atoms with van der Waals surface area (Å²) in [5.74, 6) is -0.487. The van der Waals surface area contributed by atoms with Gasteiger partial charge >= 0.3 is 0 Å². The summed E-state index contributed by atoms with van der Waals surface area (Å²) in [6.45, 7) is 3.39. The molecule has 2 aromatic rings. The number of carbonyl (C=O) groups is 1. The van der Waals surface area contributed by atoms with Crippen LogP contribution in [-0.2, 0) is 0 Å². The molecule has 0 atom stereocenters. The summed E-state index contributed by atoms with van der Waals surface area (Å²) in [6.07, 6.45) is 0. The summed E-state index contributed by atoms with van der Waals surface area (Å²) in [5, 5.41) is 19.0. The van der Waals surface area contributed by atoms with Crippen LogP contribution in [0.1, 0.15) is 32.7 Å². The third-order valence-electron chi connectivity index (χ3n) is 3.58. The number of carbonyl (C=O) groups excluding carboxylic acids is 1. The van der Waals surface area contributed by atoms with Gasteiger partial charge in [-0.3, -0.25) is 10.2 Å². The standard InChI is InChI=1S/C16H13Cl2N5O/c1-7-8(2)13(23-15(18)11(7)6-19)16(24)22-9-3-4-12(20)10(5-9)14(17)21/h3-5,21H,20H2,1-2H3,(H,22,24). The molecule has 0 aliphatic heterocycles. The summed E-state index contributed by atoms with van der Waals surface area (Å²) in [4.78, 5) is 16.5. The van der Waals surface area contributed by atoms with Crippen LogP contribution in [0.5, 0.6) is 0 Å². The molecule has 1 aromatic heterocycles. The van der Waals surface area contributed by atoms with E-state index in [1.807, 2.05) is 6.07 Å². The van der Waals surface area contributed by atoms with Gasteiger partial charge in [0, 0.05) is 16.9 Å². The predicted octanol–water partition coefficient (Wildman–Crippen LogP) is 3.62. The molecule has 6 nitrogen and oxygen atoms in total. The fourth-order valence-electron chi connectivity index (χ4n) is 2.12. The van der Waals surface area contributed by atoms with Crippen molar-refractivity contribution in [3.8, 4) is 6.07 Å². The van der Waals surface area contributed by atoms with E-state index >= 15 is 0 Å². The molecule has 4 N–H and O–H groups in total. The molecular formula is C16H13Cl2N5O. The normalized spacial score (nSPS) is 10.1. The van der Waals surface area contributed by atoms with E-state index in [0.29, 0.717) is 28.1 Å². The number of amides is 1. The molecule has 0 unspecified atom stereocenters. The Morgan fingerprint density at radius 2 is 2.04 bits per heavy atom. The Morgan fingerprint density at radius 1 is 1.38 bits per heavy atom. The molecule has 0 radical (unpaired) electrons. The molecule has 0 aliphatic rings. The van der Waals surface area contributed by atoms with Gasteiger partial charge < -0.3 is 11.1 Å². The highest BCUT2D eigenvalue weighted by atomic mass is 35.5. The molecule has 1 aromatic carbocycles. The number of nitrogens with zero attached hydrogens (tertiary/aromatic N) is 2. The number of pyridine rings is 1. The smallest absolute Gasteiger partial charge is 0.274 e. The molecule has 0 aliphatic carbocycles. The molecule has 24 heavy (non-hydrogen) atoms. The van der Waals surface area contributed by atoms with Gasteiger partial charge in [0.15, 0.2) is 0 Å². The zero-order valence-electron chi connectivity index (χ0n) is 12.9. The second-order valence-electron chi connectivity index (χ2n) is 5.06. The Hall–Kier alpha value is -2.62. The first-order valence-electron chi connectivity index (χ1n) is 6.78. The maximum atomic E-state index is 12.5. The predicted molar refractivity (Wildman–Crippen MR) is 94.9 cm³/mol. The van der Waals surface area contributed by atoms with Crippen LogP contribution in [0.3, 0.4) is 0 Å². The van der Waals surface area contributed by atoms with Crippen molar-refractivity contribution in [2.75, 3.05) is 11.1 Å². The summed E-state index contributed by atoms with van der Waals surface area (Å²) in [6, 6.07) is 6.59. The van der Waals surface area contributed by atoms with E-state index in [4.69, 9.17) is 39.6 Å². The number of rotatable bonds is 3. The topological polar surface area (TPSA) is 116 Å². The van der Waals surface area contributed by atoms with E-state index in [-0.39, 0.29) is 21.6 Å². The quantitative estimate of drug-likeness (QED) is 0.439. The van der Waals surface area contributed by atoms with Gasteiger partial charge in [-0.25, -0.2) is 4.98 Å². The van der Waals surface area contributed by atoms with Crippen molar-refractivity contribution >= 4 is 45.7 Å². The van der Waals surface area contributed by atoms with Crippen molar-refractivity contribution in [2.24, 2.45) is 0 Å². The van der Waals surface area contributed by atoms with Crippen LogP contribution in [0.4, 0.5) is 11.4 Å². The van der Waals surface area contributed by atoms with Gasteiger partial charge in [-0.1, -0.05) is 23.2 Å². The van der Waals surface area contributed by atoms with E-state index in [1.54, 1.807) is 26.0 Å². The zero-order valence-corrected chi connectivity index (χ0v) is 14.4. The van der Waals surface area contributed by atoms with Gasteiger partial charge in [-0.2, -0.15) is 5.26 Å². The molecule has 8 heteroatoms. The van der Waals surface area contributed by atoms with Gasteiger partial charge in [0.2, 0.25) is 0 Å². The van der Waals surface area contributed by atoms with Crippen LogP contribution >= 0.6 is 23.2 Å². The van der Waals surface area contributed by atoms with Gasteiger partial charge in [-0.05, 0) is 43.2 Å². The number of anilines is 2. The molecular weight excluding hydrogens is 349 g/mol. The number of hydrogen-bond donors (Lipinski definition) is 3. The average Bonchev–Trinajstić information content (AvgIpc) is 2.52. The number of nitrogens with two attached hydrogens (primary N) is 1. The largest absolute Gasteiger partial charge is 0.398 e. The van der Waals surface area contributed by atoms with Crippen LogP contribution < -0.4 is 11.1 Å². The highest BCUT2D eigenvalue weighted by molar-refractivity contribution is 6.69. The average molecular weight is 362 g/mol. The summed E-state index contributed by atoms with van der Waals surface area (Å²) < 4.78 is 0. The lowest BCUT2D eigenvalue weighted by Crippen LogP contribution is -2.17. The van der Waals surface area contributed by atoms with E-state index in [2.05, 4.69) is 10.3 Å². The maximum absolute atomic E-state index is 12.5.